The summed E-state index contributed by atoms with van der Waals surface area (Å²) in [6, 6.07) is 0. The van der Waals surface area contributed by atoms with Crippen molar-refractivity contribution in [1.29, 1.82) is 0 Å². The summed E-state index contributed by atoms with van der Waals surface area (Å²) in [5.41, 5.74) is -13.9. The topological polar surface area (TPSA) is 46.1 Å². The van der Waals surface area contributed by atoms with Crippen molar-refractivity contribution in [3.63, 3.8) is 0 Å². The third kappa shape index (κ3) is 6.09. The fraction of sp³-hybridized carbons (Fsp3) is 1.00. The third-order valence-corrected chi connectivity index (χ3v) is 2.40. The fourth-order valence-electron chi connectivity index (χ4n) is 0.964. The second-order valence-corrected chi connectivity index (χ2v) is 4.35. The van der Waals surface area contributed by atoms with Crippen LogP contribution in [-0.2, 0) is 16.8 Å². The average Bonchev–Trinajstić information content (AvgIpc) is 2.29. The van der Waals surface area contributed by atoms with Crippen molar-refractivity contribution in [3.05, 3.63) is 0 Å². The molecular weight excluding hydrogens is 529 g/mol. The maximum atomic E-state index is 11.3. The normalized spacial score (nSPS) is 15.3. The first-order valence-corrected chi connectivity index (χ1v) is 5.31. The second-order valence-electron chi connectivity index (χ2n) is 4.35. The van der Waals surface area contributed by atoms with E-state index < -0.39 is 48.3 Å². The Kier molecular flexibility index (Phi) is 9.46. The zero-order chi connectivity index (χ0) is 24.0. The molecule has 0 fully saturated rings. The molecule has 0 saturated carbocycles. The van der Waals surface area contributed by atoms with Gasteiger partial charge in [-0.1, -0.05) is 0 Å². The first-order valence-electron chi connectivity index (χ1n) is 5.31. The van der Waals surface area contributed by atoms with Crippen molar-refractivity contribution < 1.29 is 106 Å². The minimum absolute atomic E-state index is 0. The van der Waals surface area contributed by atoms with E-state index in [0.29, 0.717) is 0 Å². The number of hydrogen-bond acceptors (Lipinski definition) is 2. The largest absolute Gasteiger partial charge is 2.00 e. The minimum atomic E-state index is -6.98. The van der Waals surface area contributed by atoms with Gasteiger partial charge in [0.25, 0.3) is 0 Å². The number of hydrogen-bond donors (Lipinski definition) is 0. The van der Waals surface area contributed by atoms with Gasteiger partial charge in [0.2, 0.25) is 0 Å². The third-order valence-electron chi connectivity index (χ3n) is 2.40. The Hall–Kier alpha value is -0.834. The van der Waals surface area contributed by atoms with E-state index in [9.17, 15) is 89.2 Å². The van der Waals surface area contributed by atoms with Crippen LogP contribution in [0.25, 0.3) is 0 Å². The molecule has 0 bridgehead atoms. The van der Waals surface area contributed by atoms with Gasteiger partial charge >= 0.3 is 53.8 Å². The molecule has 1 radical (unpaired) electrons. The predicted octanol–water partition coefficient (Wildman–Crippen LogP) is 3.54. The Morgan fingerprint density at radius 1 is 0.276 bits per heavy atom. The minimum Gasteiger partial charge on any atom is -0.830 e. The first kappa shape index (κ1) is 32.8. The van der Waals surface area contributed by atoms with E-state index in [1.165, 1.54) is 0 Å². The van der Waals surface area contributed by atoms with E-state index in [1.807, 2.05) is 0 Å². The zero-order valence-electron chi connectivity index (χ0n) is 12.0. The van der Waals surface area contributed by atoms with Crippen molar-refractivity contribution in [2.24, 2.45) is 0 Å². The van der Waals surface area contributed by atoms with Crippen LogP contribution in [0, 0.1) is 0 Å². The zero-order valence-corrected chi connectivity index (χ0v) is 13.0. The molecule has 0 unspecified atom stereocenters. The molecule has 0 atom stereocenters. The summed E-state index contributed by atoms with van der Waals surface area (Å²) in [5, 5.41) is 19.6. The molecule has 0 amide bonds. The summed E-state index contributed by atoms with van der Waals surface area (Å²) in [6.45, 7) is 0. The second kappa shape index (κ2) is 8.36. The van der Waals surface area contributed by atoms with E-state index >= 15 is 0 Å². The van der Waals surface area contributed by atoms with Crippen molar-refractivity contribution >= 4 is 0 Å². The monoisotopic (exact) mass is 529 g/mol. The Labute approximate surface area is 155 Å². The summed E-state index contributed by atoms with van der Waals surface area (Å²) in [4.78, 5) is 0. The van der Waals surface area contributed by atoms with Crippen LogP contribution in [0.3, 0.4) is 0 Å². The van der Waals surface area contributed by atoms with Crippen molar-refractivity contribution in [3.8, 4) is 0 Å². The van der Waals surface area contributed by atoms with Crippen LogP contribution in [0.1, 0.15) is 0 Å². The Morgan fingerprint density at radius 2 is 0.345 bits per heavy atom. The Bertz CT molecular complexity index is 395. The smallest absolute Gasteiger partial charge is 0.830 e. The molecule has 0 rings (SSSR count). The van der Waals surface area contributed by atoms with Gasteiger partial charge < -0.3 is 10.2 Å². The van der Waals surface area contributed by atoms with Crippen LogP contribution >= 0.6 is 0 Å². The fourth-order valence-corrected chi connectivity index (χ4v) is 0.964. The van der Waals surface area contributed by atoms with Gasteiger partial charge in [-0.2, -0.15) is 79.0 Å². The van der Waals surface area contributed by atoms with Gasteiger partial charge in [-0.3, -0.25) is 0 Å². The van der Waals surface area contributed by atoms with Crippen LogP contribution in [0.2, 0.25) is 0 Å². The summed E-state index contributed by atoms with van der Waals surface area (Å²) < 4.78 is 204. The molecule has 0 aliphatic rings. The van der Waals surface area contributed by atoms with E-state index in [0.717, 1.165) is 0 Å². The average molecular weight is 529 g/mol. The van der Waals surface area contributed by atoms with Gasteiger partial charge in [0.05, 0.1) is 0 Å². The van der Waals surface area contributed by atoms with Gasteiger partial charge in [0.15, 0.2) is 11.2 Å². The van der Waals surface area contributed by atoms with Crippen LogP contribution < -0.4 is 10.2 Å². The molecule has 0 aliphatic heterocycles. The summed E-state index contributed by atoms with van der Waals surface area (Å²) in [6.07, 6.45) is -41.9. The molecule has 0 spiro atoms. The van der Waals surface area contributed by atoms with Crippen LogP contribution in [0.15, 0.2) is 0 Å². The molecule has 179 valence electrons. The van der Waals surface area contributed by atoms with Crippen LogP contribution in [-0.4, -0.2) is 48.3 Å². The molecule has 29 heavy (non-hydrogen) atoms. The molecule has 0 aromatic heterocycles. The van der Waals surface area contributed by atoms with Crippen LogP contribution in [0.4, 0.5) is 79.0 Å². The van der Waals surface area contributed by atoms with E-state index in [4.69, 9.17) is 0 Å². The predicted molar refractivity (Wildman–Crippen MR) is 41.8 cm³/mol. The molecule has 0 aliphatic carbocycles. The molecule has 0 aromatic carbocycles. The van der Waals surface area contributed by atoms with Crippen molar-refractivity contribution in [1.82, 2.24) is 0 Å². The molecule has 21 heteroatoms. The van der Waals surface area contributed by atoms with E-state index in [-0.39, 0.29) is 16.8 Å². The summed E-state index contributed by atoms with van der Waals surface area (Å²) in [5.74, 6) is 0. The maximum absolute atomic E-state index is 11.3. The van der Waals surface area contributed by atoms with Crippen molar-refractivity contribution in [2.45, 2.75) is 48.3 Å². The van der Waals surface area contributed by atoms with Crippen LogP contribution in [0.5, 0.6) is 0 Å². The van der Waals surface area contributed by atoms with Gasteiger partial charge in [-0.05, 0) is 0 Å². The molecule has 0 heterocycles. The molecule has 0 aromatic rings. The van der Waals surface area contributed by atoms with E-state index in [2.05, 4.69) is 0 Å². The first-order chi connectivity index (χ1) is 11.5. The van der Waals surface area contributed by atoms with Gasteiger partial charge in [0.1, 0.15) is 0 Å². The van der Waals surface area contributed by atoms with Crippen molar-refractivity contribution in [2.75, 3.05) is 0 Å². The van der Waals surface area contributed by atoms with E-state index in [1.54, 1.807) is 0 Å². The molecule has 0 saturated heterocycles. The van der Waals surface area contributed by atoms with Gasteiger partial charge in [-0.25, -0.2) is 0 Å². The molecule has 0 N–H and O–H groups in total. The van der Waals surface area contributed by atoms with Gasteiger partial charge in [0, 0.05) is 0 Å². The Balaban J connectivity index is -0.000000451. The molecular formula is C8CoF18O2. The maximum Gasteiger partial charge on any atom is 2.00 e. The van der Waals surface area contributed by atoms with Gasteiger partial charge in [-0.15, -0.1) is 0 Å². The quantitative estimate of drug-likeness (QED) is 0.452. The SMILES string of the molecule is [Co+2].[O-]C(C(F)(F)F)(C(F)(F)F)C(F)(F)F.[O-]C(C(F)(F)F)(C(F)(F)F)C(F)(F)F. The summed E-state index contributed by atoms with van der Waals surface area (Å²) in [7, 11) is 0. The molecule has 2 nitrogen and oxygen atoms in total. The number of halogens is 18. The Morgan fingerprint density at radius 3 is 0.345 bits per heavy atom. The number of rotatable bonds is 0. The number of alkyl halides is 18. The standard InChI is InChI=1S/2C4F9O.Co/c2*5-2(6,7)1(14,3(8,9)10)4(11,12)13;/q2*-1;+2. The summed E-state index contributed by atoms with van der Waals surface area (Å²) >= 11 is 0.